The van der Waals surface area contributed by atoms with E-state index in [9.17, 15) is 9.59 Å². The Kier molecular flexibility index (Phi) is 5.78. The number of carbonyl (C=O) groups is 2. The van der Waals surface area contributed by atoms with Crippen molar-refractivity contribution < 1.29 is 14.3 Å². The smallest absolute Gasteiger partial charge is 0.310 e. The molecule has 1 atom stereocenters. The predicted octanol–water partition coefficient (Wildman–Crippen LogP) is 2.56. The summed E-state index contributed by atoms with van der Waals surface area (Å²) in [6, 6.07) is 9.72. The van der Waals surface area contributed by atoms with Gasteiger partial charge in [-0.15, -0.1) is 0 Å². The highest BCUT2D eigenvalue weighted by atomic mass is 16.5. The number of amides is 1. The fourth-order valence-electron chi connectivity index (χ4n) is 2.79. The van der Waals surface area contributed by atoms with Gasteiger partial charge in [-0.05, 0) is 31.2 Å². The van der Waals surface area contributed by atoms with Crippen molar-refractivity contribution in [2.45, 2.75) is 45.1 Å². The molecule has 1 aliphatic rings. The van der Waals surface area contributed by atoms with Gasteiger partial charge in [-0.1, -0.05) is 37.3 Å². The molecule has 0 aliphatic carbocycles. The summed E-state index contributed by atoms with van der Waals surface area (Å²) in [4.78, 5) is 25.8. The minimum absolute atomic E-state index is 0.0667. The van der Waals surface area contributed by atoms with E-state index in [2.05, 4.69) is 6.92 Å². The maximum atomic E-state index is 12.2. The molecular weight excluding hydrogens is 266 g/mol. The molecule has 4 nitrogen and oxygen atoms in total. The molecular formula is C17H23NO3. The van der Waals surface area contributed by atoms with E-state index in [1.807, 2.05) is 35.2 Å². The summed E-state index contributed by atoms with van der Waals surface area (Å²) in [7, 11) is 0. The zero-order valence-electron chi connectivity index (χ0n) is 12.6. The van der Waals surface area contributed by atoms with Crippen molar-refractivity contribution in [1.82, 2.24) is 4.90 Å². The lowest BCUT2D eigenvalue weighted by Crippen LogP contribution is -2.45. The first-order valence-electron chi connectivity index (χ1n) is 7.69. The van der Waals surface area contributed by atoms with Gasteiger partial charge in [0.1, 0.15) is 0 Å². The van der Waals surface area contributed by atoms with E-state index in [0.29, 0.717) is 6.04 Å². The first-order chi connectivity index (χ1) is 10.2. The third-order valence-corrected chi connectivity index (χ3v) is 3.97. The molecule has 1 aromatic rings. The van der Waals surface area contributed by atoms with Crippen LogP contribution in [-0.4, -0.2) is 36.0 Å². The zero-order chi connectivity index (χ0) is 15.1. The number of hydrogen-bond donors (Lipinski definition) is 0. The standard InChI is InChI=1S/C17H23NO3/c1-2-15-10-6-7-11-18(15)16(19)13-21-17(20)12-14-8-4-3-5-9-14/h3-5,8-9,15H,2,6-7,10-13H2,1H3. The predicted molar refractivity (Wildman–Crippen MR) is 80.7 cm³/mol. The summed E-state index contributed by atoms with van der Waals surface area (Å²) in [5.74, 6) is -0.414. The Labute approximate surface area is 126 Å². The first kappa shape index (κ1) is 15.5. The molecule has 0 aromatic heterocycles. The molecule has 114 valence electrons. The quantitative estimate of drug-likeness (QED) is 0.783. The molecule has 1 unspecified atom stereocenters. The molecule has 1 amide bonds. The van der Waals surface area contributed by atoms with Crippen molar-refractivity contribution in [2.24, 2.45) is 0 Å². The molecule has 0 saturated carbocycles. The van der Waals surface area contributed by atoms with E-state index >= 15 is 0 Å². The summed E-state index contributed by atoms with van der Waals surface area (Å²) in [5.41, 5.74) is 0.902. The van der Waals surface area contributed by atoms with Crippen molar-refractivity contribution in [3.63, 3.8) is 0 Å². The second kappa shape index (κ2) is 7.81. The second-order valence-electron chi connectivity index (χ2n) is 5.47. The van der Waals surface area contributed by atoms with E-state index in [-0.39, 0.29) is 24.9 Å². The summed E-state index contributed by atoms with van der Waals surface area (Å²) >= 11 is 0. The zero-order valence-corrected chi connectivity index (χ0v) is 12.6. The number of benzene rings is 1. The minimum atomic E-state index is -0.348. The van der Waals surface area contributed by atoms with Crippen LogP contribution in [0.25, 0.3) is 0 Å². The van der Waals surface area contributed by atoms with Gasteiger partial charge >= 0.3 is 5.97 Å². The fraction of sp³-hybridized carbons (Fsp3) is 0.529. The number of ether oxygens (including phenoxy) is 1. The van der Waals surface area contributed by atoms with Crippen LogP contribution in [0.3, 0.4) is 0 Å². The molecule has 4 heteroatoms. The van der Waals surface area contributed by atoms with Crippen LogP contribution in [0.5, 0.6) is 0 Å². The SMILES string of the molecule is CCC1CCCCN1C(=O)COC(=O)Cc1ccccc1. The lowest BCUT2D eigenvalue weighted by Gasteiger charge is -2.35. The van der Waals surface area contributed by atoms with Crippen LogP contribution in [0.15, 0.2) is 30.3 Å². The summed E-state index contributed by atoms with van der Waals surface area (Å²) in [5, 5.41) is 0. The molecule has 1 saturated heterocycles. The Morgan fingerprint density at radius 2 is 2.00 bits per heavy atom. The molecule has 0 bridgehead atoms. The van der Waals surface area contributed by atoms with Crippen molar-refractivity contribution >= 4 is 11.9 Å². The minimum Gasteiger partial charge on any atom is -0.455 e. The van der Waals surface area contributed by atoms with Gasteiger partial charge in [0.2, 0.25) is 0 Å². The number of nitrogens with zero attached hydrogens (tertiary/aromatic N) is 1. The fourth-order valence-corrected chi connectivity index (χ4v) is 2.79. The third-order valence-electron chi connectivity index (χ3n) is 3.97. The highest BCUT2D eigenvalue weighted by molar-refractivity contribution is 5.81. The van der Waals surface area contributed by atoms with Crippen LogP contribution < -0.4 is 0 Å². The second-order valence-corrected chi connectivity index (χ2v) is 5.47. The van der Waals surface area contributed by atoms with E-state index in [1.54, 1.807) is 0 Å². The van der Waals surface area contributed by atoms with Crippen LogP contribution in [0.2, 0.25) is 0 Å². The largest absolute Gasteiger partial charge is 0.455 e. The van der Waals surface area contributed by atoms with Gasteiger partial charge < -0.3 is 9.64 Å². The Hall–Kier alpha value is -1.84. The average Bonchev–Trinajstić information content (AvgIpc) is 2.53. The van der Waals surface area contributed by atoms with Crippen molar-refractivity contribution in [3.05, 3.63) is 35.9 Å². The van der Waals surface area contributed by atoms with E-state index in [1.165, 1.54) is 6.42 Å². The van der Waals surface area contributed by atoms with E-state index in [0.717, 1.165) is 31.4 Å². The monoisotopic (exact) mass is 289 g/mol. The van der Waals surface area contributed by atoms with E-state index < -0.39 is 0 Å². The average molecular weight is 289 g/mol. The van der Waals surface area contributed by atoms with Crippen molar-refractivity contribution in [2.75, 3.05) is 13.2 Å². The van der Waals surface area contributed by atoms with Gasteiger partial charge in [-0.2, -0.15) is 0 Å². The number of rotatable bonds is 5. The molecule has 0 radical (unpaired) electrons. The van der Waals surface area contributed by atoms with Gasteiger partial charge in [0.15, 0.2) is 6.61 Å². The molecule has 1 heterocycles. The number of hydrogen-bond acceptors (Lipinski definition) is 3. The topological polar surface area (TPSA) is 46.6 Å². The lowest BCUT2D eigenvalue weighted by atomic mass is 10.00. The van der Waals surface area contributed by atoms with Gasteiger partial charge in [0.05, 0.1) is 6.42 Å². The lowest BCUT2D eigenvalue weighted by molar-refractivity contribution is -0.153. The summed E-state index contributed by atoms with van der Waals surface area (Å²) in [6.45, 7) is 2.74. The molecule has 21 heavy (non-hydrogen) atoms. The van der Waals surface area contributed by atoms with Crippen molar-refractivity contribution in [1.29, 1.82) is 0 Å². The Bertz CT molecular complexity index is 472. The van der Waals surface area contributed by atoms with Crippen LogP contribution in [0, 0.1) is 0 Å². The Balaban J connectivity index is 1.79. The highest BCUT2D eigenvalue weighted by Gasteiger charge is 2.25. The maximum Gasteiger partial charge on any atom is 0.310 e. The number of piperidine rings is 1. The molecule has 1 aliphatic heterocycles. The highest BCUT2D eigenvalue weighted by Crippen LogP contribution is 2.19. The Morgan fingerprint density at radius 3 is 2.71 bits per heavy atom. The van der Waals surface area contributed by atoms with Crippen LogP contribution in [0.1, 0.15) is 38.2 Å². The molecule has 1 aromatic carbocycles. The number of likely N-dealkylation sites (tertiary alicyclic amines) is 1. The maximum absolute atomic E-state index is 12.2. The number of esters is 1. The van der Waals surface area contributed by atoms with Gasteiger partial charge in [-0.3, -0.25) is 9.59 Å². The normalized spacial score (nSPS) is 18.3. The molecule has 0 N–H and O–H groups in total. The molecule has 0 spiro atoms. The van der Waals surface area contributed by atoms with Gasteiger partial charge in [0.25, 0.3) is 5.91 Å². The van der Waals surface area contributed by atoms with Crippen LogP contribution >= 0.6 is 0 Å². The first-order valence-corrected chi connectivity index (χ1v) is 7.69. The summed E-state index contributed by atoms with van der Waals surface area (Å²) in [6.07, 6.45) is 4.45. The van der Waals surface area contributed by atoms with Crippen molar-refractivity contribution in [3.8, 4) is 0 Å². The Morgan fingerprint density at radius 1 is 1.24 bits per heavy atom. The van der Waals surface area contributed by atoms with Gasteiger partial charge in [0, 0.05) is 12.6 Å². The molecule has 2 rings (SSSR count). The summed E-state index contributed by atoms with van der Waals surface area (Å²) < 4.78 is 5.12. The van der Waals surface area contributed by atoms with Crippen LogP contribution in [0.4, 0.5) is 0 Å². The van der Waals surface area contributed by atoms with Gasteiger partial charge in [-0.25, -0.2) is 0 Å². The van der Waals surface area contributed by atoms with E-state index in [4.69, 9.17) is 4.74 Å². The molecule has 1 fully saturated rings. The van der Waals surface area contributed by atoms with Crippen LogP contribution in [-0.2, 0) is 20.7 Å². The number of carbonyl (C=O) groups excluding carboxylic acids is 2. The third kappa shape index (κ3) is 4.59.